The summed E-state index contributed by atoms with van der Waals surface area (Å²) < 4.78 is 22.2. The first-order valence-corrected chi connectivity index (χ1v) is 14.4. The molecule has 1 amide bonds. The van der Waals surface area contributed by atoms with Gasteiger partial charge in [0.1, 0.15) is 11.8 Å². The first-order valence-electron chi connectivity index (χ1n) is 14.4. The smallest absolute Gasteiger partial charge is 0.329 e. The summed E-state index contributed by atoms with van der Waals surface area (Å²) in [6.07, 6.45) is 1.67. The molecule has 12 nitrogen and oxygen atoms in total. The van der Waals surface area contributed by atoms with Crippen LogP contribution in [0.3, 0.4) is 0 Å². The Labute approximate surface area is 243 Å². The number of rotatable bonds is 10. The van der Waals surface area contributed by atoms with Gasteiger partial charge < -0.3 is 39.4 Å². The zero-order valence-corrected chi connectivity index (χ0v) is 24.3. The lowest BCUT2D eigenvalue weighted by molar-refractivity contribution is -0.170. The highest BCUT2D eigenvalue weighted by atomic mass is 16.6. The third-order valence-electron chi connectivity index (χ3n) is 9.01. The molecule has 1 saturated heterocycles. The van der Waals surface area contributed by atoms with E-state index in [0.717, 1.165) is 24.5 Å². The Morgan fingerprint density at radius 3 is 2.74 bits per heavy atom. The average molecular weight is 587 g/mol. The van der Waals surface area contributed by atoms with Crippen LogP contribution in [0.15, 0.2) is 24.0 Å². The van der Waals surface area contributed by atoms with Crippen LogP contribution in [0.5, 0.6) is 11.5 Å². The molecule has 6 atom stereocenters. The summed E-state index contributed by atoms with van der Waals surface area (Å²) in [5, 5.41) is 25.4. The Hall–Kier alpha value is -3.64. The van der Waals surface area contributed by atoms with Crippen molar-refractivity contribution in [3.63, 3.8) is 0 Å². The Bertz CT molecular complexity index is 1330. The number of unbranched alkanes of at least 4 members (excludes halogenated alkanes) is 1. The van der Waals surface area contributed by atoms with E-state index in [-0.39, 0.29) is 36.3 Å². The van der Waals surface area contributed by atoms with Crippen LogP contribution in [-0.2, 0) is 45.2 Å². The van der Waals surface area contributed by atoms with E-state index in [2.05, 4.69) is 10.2 Å². The molecule has 0 unspecified atom stereocenters. The number of carbonyl (C=O) groups excluding carboxylic acids is 4. The van der Waals surface area contributed by atoms with E-state index in [0.29, 0.717) is 25.8 Å². The summed E-state index contributed by atoms with van der Waals surface area (Å²) in [6, 6.07) is 1.83. The van der Waals surface area contributed by atoms with Crippen LogP contribution in [0.1, 0.15) is 64.0 Å². The predicted molar refractivity (Wildman–Crippen MR) is 146 cm³/mol. The molecule has 42 heavy (non-hydrogen) atoms. The molecule has 0 aromatic heterocycles. The van der Waals surface area contributed by atoms with Crippen molar-refractivity contribution in [3.8, 4) is 11.5 Å². The third kappa shape index (κ3) is 4.80. The minimum absolute atomic E-state index is 0.0533. The fourth-order valence-electron chi connectivity index (χ4n) is 6.98. The number of likely N-dealkylation sites (tertiary alicyclic amines) is 1. The molecule has 228 valence electrons. The maximum atomic E-state index is 13.3. The van der Waals surface area contributed by atoms with Gasteiger partial charge in [0.15, 0.2) is 23.7 Å². The Morgan fingerprint density at radius 1 is 1.26 bits per heavy atom. The van der Waals surface area contributed by atoms with Crippen molar-refractivity contribution >= 4 is 23.8 Å². The summed E-state index contributed by atoms with van der Waals surface area (Å²) in [5.41, 5.74) is -0.440. The fraction of sp³-hybridized carbons (Fsp3) is 0.600. The second kappa shape index (κ2) is 11.2. The van der Waals surface area contributed by atoms with E-state index in [9.17, 15) is 29.4 Å². The summed E-state index contributed by atoms with van der Waals surface area (Å²) in [6.45, 7) is 5.20. The minimum Gasteiger partial charge on any atom is -0.504 e. The van der Waals surface area contributed by atoms with Crippen molar-refractivity contribution in [3.05, 3.63) is 35.1 Å². The minimum atomic E-state index is -1.39. The van der Waals surface area contributed by atoms with Gasteiger partial charge in [-0.2, -0.15) is 0 Å². The van der Waals surface area contributed by atoms with Gasteiger partial charge >= 0.3 is 17.9 Å². The number of carbonyl (C=O) groups is 4. The number of ether oxygens (including phenoxy) is 4. The number of amides is 1. The van der Waals surface area contributed by atoms with E-state index in [1.165, 1.54) is 6.92 Å². The van der Waals surface area contributed by atoms with Crippen LogP contribution >= 0.6 is 0 Å². The van der Waals surface area contributed by atoms with Gasteiger partial charge in [-0.25, -0.2) is 4.79 Å². The molecule has 12 heteroatoms. The standard InChI is InChI=1S/C30H38N2O10/c1-5-6-13-39-28(37)19(31-27(36)16(2)40-17(3)33)15-23(35)41-21-9-10-30(38)22-14-18-7-8-20(34)25-24(18)29(30,26(21)42-25)11-12-32(22)4/h7-9,16,19,22,26,34,38H,5-6,10-15H2,1-4H3,(H,31,36)/t16-,19-,22+,26-,29-,30+/m0/s1. The quantitative estimate of drug-likeness (QED) is 0.206. The third-order valence-corrected chi connectivity index (χ3v) is 9.01. The number of phenolic OH excluding ortho intramolecular Hbond substituents is 1. The first kappa shape index (κ1) is 29.8. The maximum Gasteiger partial charge on any atom is 0.329 e. The summed E-state index contributed by atoms with van der Waals surface area (Å²) in [4.78, 5) is 52.2. The number of aliphatic hydroxyl groups is 1. The average Bonchev–Trinajstić information content (AvgIpc) is 3.29. The normalized spacial score (nSPS) is 28.4. The molecule has 1 aromatic rings. The van der Waals surface area contributed by atoms with Crippen LogP contribution in [0.25, 0.3) is 0 Å². The number of hydrogen-bond donors (Lipinski definition) is 3. The highest BCUT2D eigenvalue weighted by Crippen LogP contribution is 2.65. The second-order valence-corrected chi connectivity index (χ2v) is 11.6. The lowest BCUT2D eigenvalue weighted by Gasteiger charge is -2.61. The van der Waals surface area contributed by atoms with Crippen LogP contribution in [0.2, 0.25) is 0 Å². The van der Waals surface area contributed by atoms with Crippen molar-refractivity contribution in [2.45, 2.75) is 94.6 Å². The van der Waals surface area contributed by atoms with Gasteiger partial charge in [-0.15, -0.1) is 0 Å². The molecule has 2 aliphatic carbocycles. The number of aromatic hydroxyl groups is 1. The van der Waals surface area contributed by atoms with Crippen molar-refractivity contribution < 1.29 is 48.3 Å². The van der Waals surface area contributed by atoms with Crippen molar-refractivity contribution in [1.29, 1.82) is 0 Å². The number of likely N-dealkylation sites (N-methyl/N-ethyl adjacent to an activating group) is 1. The van der Waals surface area contributed by atoms with Crippen LogP contribution in [-0.4, -0.2) is 89.0 Å². The molecule has 5 rings (SSSR count). The number of benzene rings is 1. The SMILES string of the molecule is CCCCOC(=O)[C@H](CC(=O)OC1=CC[C@@]2(O)[C@H]3Cc4ccc(O)c5c4[C@@]2(CCN3C)[C@H]1O5)NC(=O)[C@H](C)OC(C)=O. The van der Waals surface area contributed by atoms with Crippen molar-refractivity contribution in [1.82, 2.24) is 10.2 Å². The molecule has 0 saturated carbocycles. The predicted octanol–water partition coefficient (Wildman–Crippen LogP) is 1.38. The molecule has 2 heterocycles. The van der Waals surface area contributed by atoms with Crippen molar-refractivity contribution in [2.24, 2.45) is 0 Å². The number of esters is 3. The number of nitrogens with one attached hydrogen (secondary N) is 1. The summed E-state index contributed by atoms with van der Waals surface area (Å²) in [5.74, 6) is -2.69. The van der Waals surface area contributed by atoms with E-state index >= 15 is 0 Å². The highest BCUT2D eigenvalue weighted by molar-refractivity contribution is 5.90. The van der Waals surface area contributed by atoms with Gasteiger partial charge in [0, 0.05) is 24.9 Å². The van der Waals surface area contributed by atoms with Gasteiger partial charge in [-0.05, 0) is 57.5 Å². The molecule has 4 aliphatic rings. The van der Waals surface area contributed by atoms with E-state index < -0.39 is 59.5 Å². The zero-order valence-electron chi connectivity index (χ0n) is 24.3. The van der Waals surface area contributed by atoms with E-state index in [4.69, 9.17) is 18.9 Å². The highest BCUT2D eigenvalue weighted by Gasteiger charge is 2.72. The molecular weight excluding hydrogens is 548 g/mol. The molecule has 1 spiro atoms. The number of nitrogens with zero attached hydrogens (tertiary/aromatic N) is 1. The Morgan fingerprint density at radius 2 is 2.02 bits per heavy atom. The van der Waals surface area contributed by atoms with Crippen LogP contribution in [0, 0.1) is 0 Å². The Kier molecular flexibility index (Phi) is 7.97. The molecule has 3 N–H and O–H groups in total. The van der Waals surface area contributed by atoms with E-state index in [1.54, 1.807) is 12.1 Å². The maximum absolute atomic E-state index is 13.3. The number of piperidine rings is 1. The second-order valence-electron chi connectivity index (χ2n) is 11.6. The van der Waals surface area contributed by atoms with Gasteiger partial charge in [0.05, 0.1) is 24.0 Å². The van der Waals surface area contributed by atoms with Crippen LogP contribution < -0.4 is 10.1 Å². The molecule has 1 fully saturated rings. The zero-order chi connectivity index (χ0) is 30.4. The number of hydrogen-bond acceptors (Lipinski definition) is 11. The topological polar surface area (TPSA) is 161 Å². The summed E-state index contributed by atoms with van der Waals surface area (Å²) in [7, 11) is 1.97. The molecule has 2 aliphatic heterocycles. The number of phenols is 1. The molecule has 1 aromatic carbocycles. The lowest BCUT2D eigenvalue weighted by atomic mass is 9.50. The fourth-order valence-corrected chi connectivity index (χ4v) is 6.98. The largest absolute Gasteiger partial charge is 0.504 e. The van der Waals surface area contributed by atoms with Gasteiger partial charge in [-0.3, -0.25) is 14.4 Å². The summed E-state index contributed by atoms with van der Waals surface area (Å²) >= 11 is 0. The first-order chi connectivity index (χ1) is 19.9. The molecular formula is C30H38N2O10. The lowest BCUT2D eigenvalue weighted by Crippen LogP contribution is -2.74. The monoisotopic (exact) mass is 586 g/mol. The van der Waals surface area contributed by atoms with Crippen LogP contribution in [0.4, 0.5) is 0 Å². The molecule has 0 radical (unpaired) electrons. The van der Waals surface area contributed by atoms with E-state index in [1.807, 2.05) is 20.0 Å². The Balaban J connectivity index is 1.38. The molecule has 2 bridgehead atoms. The van der Waals surface area contributed by atoms with Gasteiger partial charge in [-0.1, -0.05) is 19.4 Å². The van der Waals surface area contributed by atoms with Crippen molar-refractivity contribution in [2.75, 3.05) is 20.2 Å². The van der Waals surface area contributed by atoms with Gasteiger partial charge in [0.25, 0.3) is 5.91 Å². The van der Waals surface area contributed by atoms with Gasteiger partial charge in [0.2, 0.25) is 0 Å².